The van der Waals surface area contributed by atoms with Crippen LogP contribution in [0.25, 0.3) is 0 Å². The fraction of sp³-hybridized carbons (Fsp3) is 0.409. The van der Waals surface area contributed by atoms with Crippen molar-refractivity contribution < 1.29 is 4.79 Å². The number of ketones is 1. The zero-order valence-electron chi connectivity index (χ0n) is 14.7. The lowest BCUT2D eigenvalue weighted by atomic mass is 9.67. The Morgan fingerprint density at radius 3 is 2.92 bits per heavy atom. The van der Waals surface area contributed by atoms with Crippen molar-refractivity contribution in [1.82, 2.24) is 9.97 Å². The summed E-state index contributed by atoms with van der Waals surface area (Å²) < 4.78 is 0. The average Bonchev–Trinajstić information content (AvgIpc) is 2.91. The molecule has 0 N–H and O–H groups in total. The number of nitrogens with zero attached hydrogens (tertiary/aromatic N) is 2. The molecule has 2 aromatic rings. The summed E-state index contributed by atoms with van der Waals surface area (Å²) >= 11 is 6.06. The molecular weight excluding hydrogens is 344 g/mol. The molecular formula is C22H21ClN2O. The molecule has 2 atom stereocenters. The molecule has 2 aliphatic rings. The highest BCUT2D eigenvalue weighted by Gasteiger charge is 2.51. The minimum Gasteiger partial charge on any atom is -0.292 e. The molecule has 2 bridgehead atoms. The SMILES string of the molecule is O=C(CC12CCCC(C#Cc3cccc(Cl)c3)(CC1)C2)c1cnccn1. The van der Waals surface area contributed by atoms with Crippen LogP contribution in [0.3, 0.4) is 0 Å². The second kappa shape index (κ2) is 6.85. The van der Waals surface area contributed by atoms with Crippen LogP contribution in [-0.4, -0.2) is 15.8 Å². The summed E-state index contributed by atoms with van der Waals surface area (Å²) in [5.41, 5.74) is 1.57. The minimum atomic E-state index is 0.0449. The predicted octanol–water partition coefficient (Wildman–Crippen LogP) is 5.10. The number of benzene rings is 1. The Labute approximate surface area is 159 Å². The van der Waals surface area contributed by atoms with Gasteiger partial charge < -0.3 is 0 Å². The highest BCUT2D eigenvalue weighted by atomic mass is 35.5. The smallest absolute Gasteiger partial charge is 0.183 e. The molecule has 2 fully saturated rings. The third kappa shape index (κ3) is 3.52. The zero-order valence-corrected chi connectivity index (χ0v) is 15.4. The Bertz CT molecular complexity index is 886. The number of hydrogen-bond acceptors (Lipinski definition) is 3. The first-order chi connectivity index (χ1) is 12.6. The van der Waals surface area contributed by atoms with E-state index >= 15 is 0 Å². The summed E-state index contributed by atoms with van der Waals surface area (Å²) in [6.45, 7) is 0. The molecule has 1 aromatic carbocycles. The molecule has 0 spiro atoms. The first kappa shape index (κ1) is 17.2. The van der Waals surface area contributed by atoms with Crippen LogP contribution in [0.5, 0.6) is 0 Å². The van der Waals surface area contributed by atoms with Gasteiger partial charge in [0.2, 0.25) is 0 Å². The second-order valence-corrected chi connectivity index (χ2v) is 8.20. The van der Waals surface area contributed by atoms with Crippen LogP contribution in [0.2, 0.25) is 5.02 Å². The summed E-state index contributed by atoms with van der Waals surface area (Å²) in [5, 5.41) is 0.716. The summed E-state index contributed by atoms with van der Waals surface area (Å²) in [6, 6.07) is 7.71. The van der Waals surface area contributed by atoms with Gasteiger partial charge >= 0.3 is 0 Å². The van der Waals surface area contributed by atoms with Crippen molar-refractivity contribution in [2.75, 3.05) is 0 Å². The molecule has 4 heteroatoms. The fourth-order valence-electron chi connectivity index (χ4n) is 4.68. The van der Waals surface area contributed by atoms with Crippen LogP contribution in [-0.2, 0) is 0 Å². The van der Waals surface area contributed by atoms with Crippen LogP contribution in [0.15, 0.2) is 42.9 Å². The maximum atomic E-state index is 12.7. The van der Waals surface area contributed by atoms with Crippen molar-refractivity contribution in [3.8, 4) is 11.8 Å². The first-order valence-electron chi connectivity index (χ1n) is 9.16. The Morgan fingerprint density at radius 1 is 1.19 bits per heavy atom. The lowest BCUT2D eigenvalue weighted by Gasteiger charge is -2.36. The van der Waals surface area contributed by atoms with Crippen molar-refractivity contribution >= 4 is 17.4 Å². The van der Waals surface area contributed by atoms with Gasteiger partial charge in [0, 0.05) is 34.8 Å². The normalized spacial score (nSPS) is 26.8. The van der Waals surface area contributed by atoms with Crippen molar-refractivity contribution in [3.05, 3.63) is 59.1 Å². The molecule has 26 heavy (non-hydrogen) atoms. The lowest BCUT2D eigenvalue weighted by molar-refractivity contribution is 0.0856. The number of fused-ring (bicyclic) bond motifs is 2. The molecule has 132 valence electrons. The predicted molar refractivity (Wildman–Crippen MR) is 102 cm³/mol. The summed E-state index contributed by atoms with van der Waals surface area (Å²) in [7, 11) is 0. The van der Waals surface area contributed by atoms with Gasteiger partial charge in [0.15, 0.2) is 5.78 Å². The van der Waals surface area contributed by atoms with Gasteiger partial charge in [-0.1, -0.05) is 35.9 Å². The number of aromatic nitrogens is 2. The Hall–Kier alpha value is -2.18. The number of rotatable bonds is 3. The molecule has 1 heterocycles. The highest BCUT2D eigenvalue weighted by molar-refractivity contribution is 6.30. The topological polar surface area (TPSA) is 42.9 Å². The standard InChI is InChI=1S/C22H21ClN2O/c23-18-4-1-3-17(13-18)5-8-21-6-2-7-22(16-21,10-9-21)14-20(26)19-15-24-11-12-25-19/h1,3-4,11-13,15H,2,6-7,9-10,14,16H2. The molecule has 3 nitrogen and oxygen atoms in total. The molecule has 2 unspecified atom stereocenters. The van der Waals surface area contributed by atoms with Crippen LogP contribution in [0.4, 0.5) is 0 Å². The lowest BCUT2D eigenvalue weighted by Crippen LogP contribution is -2.29. The average molecular weight is 365 g/mol. The molecule has 0 aliphatic heterocycles. The second-order valence-electron chi connectivity index (χ2n) is 7.76. The van der Waals surface area contributed by atoms with Crippen molar-refractivity contribution in [2.24, 2.45) is 10.8 Å². The number of Topliss-reactive ketones (excluding diaryl/α,β-unsaturated/α-hetero) is 1. The van der Waals surface area contributed by atoms with Gasteiger partial charge in [-0.3, -0.25) is 9.78 Å². The van der Waals surface area contributed by atoms with E-state index in [1.807, 2.05) is 24.3 Å². The van der Waals surface area contributed by atoms with Crippen molar-refractivity contribution in [1.29, 1.82) is 0 Å². The van der Waals surface area contributed by atoms with E-state index in [1.54, 1.807) is 18.6 Å². The van der Waals surface area contributed by atoms with Crippen molar-refractivity contribution in [2.45, 2.75) is 44.9 Å². The molecule has 4 rings (SSSR count). The summed E-state index contributed by atoms with van der Waals surface area (Å²) in [4.78, 5) is 20.9. The zero-order chi connectivity index (χ0) is 18.0. The van der Waals surface area contributed by atoms with E-state index in [0.29, 0.717) is 17.1 Å². The maximum absolute atomic E-state index is 12.7. The molecule has 1 aromatic heterocycles. The summed E-state index contributed by atoms with van der Waals surface area (Å²) in [5.74, 6) is 7.00. The molecule has 2 saturated carbocycles. The van der Waals surface area contributed by atoms with E-state index in [-0.39, 0.29) is 16.6 Å². The van der Waals surface area contributed by atoms with E-state index in [1.165, 1.54) is 0 Å². The van der Waals surface area contributed by atoms with E-state index in [0.717, 1.165) is 44.1 Å². The van der Waals surface area contributed by atoms with E-state index in [4.69, 9.17) is 11.6 Å². The van der Waals surface area contributed by atoms with E-state index < -0.39 is 0 Å². The van der Waals surface area contributed by atoms with Crippen LogP contribution in [0, 0.1) is 22.7 Å². The highest BCUT2D eigenvalue weighted by Crippen LogP contribution is 2.60. The van der Waals surface area contributed by atoms with Gasteiger partial charge in [0.05, 0.1) is 6.20 Å². The third-order valence-electron chi connectivity index (χ3n) is 5.89. The number of hydrogen-bond donors (Lipinski definition) is 0. The van der Waals surface area contributed by atoms with Crippen LogP contribution < -0.4 is 0 Å². The number of carbonyl (C=O) groups is 1. The molecule has 0 saturated heterocycles. The van der Waals surface area contributed by atoms with E-state index in [9.17, 15) is 4.79 Å². The van der Waals surface area contributed by atoms with Gasteiger partial charge in [-0.25, -0.2) is 4.98 Å². The Balaban J connectivity index is 1.52. The fourth-order valence-corrected chi connectivity index (χ4v) is 4.87. The molecule has 0 radical (unpaired) electrons. The van der Waals surface area contributed by atoms with Gasteiger partial charge in [-0.05, 0) is 55.7 Å². The number of halogens is 1. The minimum absolute atomic E-state index is 0.0449. The molecule has 0 amide bonds. The molecule has 2 aliphatic carbocycles. The van der Waals surface area contributed by atoms with Crippen molar-refractivity contribution in [3.63, 3.8) is 0 Å². The quantitative estimate of drug-likeness (QED) is 0.562. The Kier molecular flexibility index (Phi) is 4.54. The van der Waals surface area contributed by atoms with E-state index in [2.05, 4.69) is 21.8 Å². The van der Waals surface area contributed by atoms with Gasteiger partial charge in [0.25, 0.3) is 0 Å². The van der Waals surface area contributed by atoms with Gasteiger partial charge in [-0.15, -0.1) is 0 Å². The summed E-state index contributed by atoms with van der Waals surface area (Å²) in [6.07, 6.45) is 11.9. The monoisotopic (exact) mass is 364 g/mol. The first-order valence-corrected chi connectivity index (χ1v) is 9.54. The van der Waals surface area contributed by atoms with Gasteiger partial charge in [-0.2, -0.15) is 0 Å². The van der Waals surface area contributed by atoms with Crippen LogP contribution in [0.1, 0.15) is 61.0 Å². The van der Waals surface area contributed by atoms with Crippen LogP contribution >= 0.6 is 11.6 Å². The third-order valence-corrected chi connectivity index (χ3v) is 6.13. The Morgan fingerprint density at radius 2 is 2.12 bits per heavy atom. The number of carbonyl (C=O) groups excluding carboxylic acids is 1. The maximum Gasteiger partial charge on any atom is 0.183 e. The van der Waals surface area contributed by atoms with Gasteiger partial charge in [0.1, 0.15) is 5.69 Å². The largest absolute Gasteiger partial charge is 0.292 e.